The van der Waals surface area contributed by atoms with E-state index in [9.17, 15) is 14.4 Å². The molecule has 6 heteroatoms. The molecule has 2 saturated carbocycles. The van der Waals surface area contributed by atoms with Crippen LogP contribution < -0.4 is 10.6 Å². The Kier molecular flexibility index (Phi) is 4.15. The SMILES string of the molecule is O=C(Nc1ccccc1)c1ccc(CN2C(=O)NC(C3CC3)(C3CC3)C2=O)cc1. The molecular formula is C23H23N3O3. The molecule has 1 aliphatic heterocycles. The molecule has 1 heterocycles. The normalized spacial score (nSPS) is 20.5. The fraction of sp³-hybridized carbons (Fsp3) is 0.348. The number of hydrogen-bond acceptors (Lipinski definition) is 3. The van der Waals surface area contributed by atoms with Crippen LogP contribution in [-0.2, 0) is 11.3 Å². The van der Waals surface area contributed by atoms with Gasteiger partial charge in [-0.3, -0.25) is 14.5 Å². The minimum Gasteiger partial charge on any atom is -0.323 e. The lowest BCUT2D eigenvalue weighted by Crippen LogP contribution is -2.51. The van der Waals surface area contributed by atoms with Crippen LogP contribution >= 0.6 is 0 Å². The molecule has 0 atom stereocenters. The van der Waals surface area contributed by atoms with Crippen LogP contribution in [-0.4, -0.2) is 28.3 Å². The molecule has 6 nitrogen and oxygen atoms in total. The second-order valence-electron chi connectivity index (χ2n) is 8.26. The van der Waals surface area contributed by atoms with Crippen LogP contribution in [0.3, 0.4) is 0 Å². The van der Waals surface area contributed by atoms with Gasteiger partial charge < -0.3 is 10.6 Å². The number of hydrogen-bond donors (Lipinski definition) is 2. The first-order chi connectivity index (χ1) is 14.1. The highest BCUT2D eigenvalue weighted by Crippen LogP contribution is 2.54. The van der Waals surface area contributed by atoms with E-state index in [1.54, 1.807) is 24.3 Å². The first-order valence-corrected chi connectivity index (χ1v) is 10.2. The Morgan fingerprint density at radius 3 is 2.17 bits per heavy atom. The quantitative estimate of drug-likeness (QED) is 0.742. The highest BCUT2D eigenvalue weighted by Gasteiger charge is 2.65. The van der Waals surface area contributed by atoms with Crippen LogP contribution in [0.4, 0.5) is 10.5 Å². The smallest absolute Gasteiger partial charge is 0.323 e. The van der Waals surface area contributed by atoms with Gasteiger partial charge in [0, 0.05) is 11.3 Å². The maximum absolute atomic E-state index is 13.2. The van der Waals surface area contributed by atoms with E-state index in [-0.39, 0.29) is 24.4 Å². The molecule has 4 amide bonds. The summed E-state index contributed by atoms with van der Waals surface area (Å²) in [5, 5.41) is 5.89. The van der Waals surface area contributed by atoms with E-state index in [4.69, 9.17) is 0 Å². The topological polar surface area (TPSA) is 78.5 Å². The number of rotatable bonds is 6. The van der Waals surface area contributed by atoms with Gasteiger partial charge in [0.2, 0.25) is 0 Å². The van der Waals surface area contributed by atoms with Crippen molar-refractivity contribution in [3.8, 4) is 0 Å². The molecule has 3 aliphatic rings. The van der Waals surface area contributed by atoms with Crippen molar-refractivity contribution < 1.29 is 14.4 Å². The van der Waals surface area contributed by atoms with Crippen LogP contribution in [0, 0.1) is 11.8 Å². The third kappa shape index (κ3) is 3.18. The second-order valence-corrected chi connectivity index (χ2v) is 8.26. The van der Waals surface area contributed by atoms with Crippen molar-refractivity contribution in [3.63, 3.8) is 0 Å². The molecule has 2 aromatic rings. The van der Waals surface area contributed by atoms with E-state index < -0.39 is 5.54 Å². The molecule has 2 aliphatic carbocycles. The Bertz CT molecular complexity index is 951. The summed E-state index contributed by atoms with van der Waals surface area (Å²) in [5.74, 6) is 0.318. The summed E-state index contributed by atoms with van der Waals surface area (Å²) in [6, 6.07) is 16.0. The zero-order chi connectivity index (χ0) is 20.0. The molecule has 0 aromatic heterocycles. The predicted molar refractivity (Wildman–Crippen MR) is 108 cm³/mol. The lowest BCUT2D eigenvalue weighted by Gasteiger charge is -2.26. The van der Waals surface area contributed by atoms with Crippen molar-refractivity contribution in [3.05, 3.63) is 65.7 Å². The summed E-state index contributed by atoms with van der Waals surface area (Å²) in [6.07, 6.45) is 4.06. The number of amides is 4. The van der Waals surface area contributed by atoms with Crippen molar-refractivity contribution in [2.45, 2.75) is 37.8 Å². The molecule has 148 valence electrons. The maximum Gasteiger partial charge on any atom is 0.325 e. The van der Waals surface area contributed by atoms with E-state index in [1.165, 1.54) is 4.90 Å². The number of urea groups is 1. The van der Waals surface area contributed by atoms with Crippen LogP contribution in [0.1, 0.15) is 41.6 Å². The van der Waals surface area contributed by atoms with E-state index in [2.05, 4.69) is 10.6 Å². The highest BCUT2D eigenvalue weighted by molar-refractivity contribution is 6.08. The third-order valence-corrected chi connectivity index (χ3v) is 6.19. The van der Waals surface area contributed by atoms with Crippen LogP contribution in [0.25, 0.3) is 0 Å². The molecule has 0 spiro atoms. The highest BCUT2D eigenvalue weighted by atomic mass is 16.2. The van der Waals surface area contributed by atoms with Gasteiger partial charge in [-0.05, 0) is 67.3 Å². The number of imide groups is 1. The van der Waals surface area contributed by atoms with Crippen LogP contribution in [0.15, 0.2) is 54.6 Å². The number of carbonyl (C=O) groups excluding carboxylic acids is 3. The first-order valence-electron chi connectivity index (χ1n) is 10.2. The predicted octanol–water partition coefficient (Wildman–Crippen LogP) is 3.55. The van der Waals surface area contributed by atoms with Gasteiger partial charge >= 0.3 is 6.03 Å². The Labute approximate surface area is 169 Å². The van der Waals surface area contributed by atoms with E-state index >= 15 is 0 Å². The summed E-state index contributed by atoms with van der Waals surface area (Å²) < 4.78 is 0. The number of anilines is 1. The Hall–Kier alpha value is -3.15. The van der Waals surface area contributed by atoms with Gasteiger partial charge in [-0.1, -0.05) is 30.3 Å². The lowest BCUT2D eigenvalue weighted by molar-refractivity contribution is -0.133. The van der Waals surface area contributed by atoms with Gasteiger partial charge in [-0.2, -0.15) is 0 Å². The standard InChI is InChI=1S/C23H23N3O3/c27-20(24-19-4-2-1-3-5-19)16-8-6-15(7-9-16)14-26-21(28)23(17-10-11-17,18-12-13-18)25-22(26)29/h1-9,17-18H,10-14H2,(H,24,27)(H,25,29). The molecule has 2 N–H and O–H groups in total. The molecule has 1 saturated heterocycles. The van der Waals surface area contributed by atoms with Gasteiger partial charge in [-0.25, -0.2) is 4.79 Å². The summed E-state index contributed by atoms with van der Waals surface area (Å²) in [5.41, 5.74) is 1.43. The third-order valence-electron chi connectivity index (χ3n) is 6.19. The summed E-state index contributed by atoms with van der Waals surface area (Å²) in [7, 11) is 0. The second kappa shape index (κ2) is 6.72. The van der Waals surface area contributed by atoms with E-state index in [1.807, 2.05) is 30.3 Å². The molecule has 29 heavy (non-hydrogen) atoms. The monoisotopic (exact) mass is 389 g/mol. The lowest BCUT2D eigenvalue weighted by atomic mass is 9.87. The minimum atomic E-state index is -0.660. The van der Waals surface area contributed by atoms with Gasteiger partial charge in [-0.15, -0.1) is 0 Å². The molecule has 0 unspecified atom stereocenters. The Morgan fingerprint density at radius 2 is 1.59 bits per heavy atom. The van der Waals surface area contributed by atoms with Crippen LogP contribution in [0.5, 0.6) is 0 Å². The molecule has 5 rings (SSSR count). The summed E-state index contributed by atoms with van der Waals surface area (Å²) in [4.78, 5) is 39.5. The van der Waals surface area contributed by atoms with Crippen molar-refractivity contribution in [2.24, 2.45) is 11.8 Å². The average Bonchev–Trinajstić information content (AvgIpc) is 3.64. The molecule has 0 radical (unpaired) electrons. The zero-order valence-corrected chi connectivity index (χ0v) is 16.1. The number of para-hydroxylation sites is 1. The van der Waals surface area contributed by atoms with Gasteiger partial charge in [0.05, 0.1) is 6.54 Å². The van der Waals surface area contributed by atoms with Gasteiger partial charge in [0.15, 0.2) is 0 Å². The number of benzene rings is 2. The molecule has 0 bridgehead atoms. The van der Waals surface area contributed by atoms with Gasteiger partial charge in [0.1, 0.15) is 5.54 Å². The van der Waals surface area contributed by atoms with Crippen molar-refractivity contribution in [1.29, 1.82) is 0 Å². The summed E-state index contributed by atoms with van der Waals surface area (Å²) >= 11 is 0. The van der Waals surface area contributed by atoms with E-state index in [0.717, 1.165) is 36.9 Å². The number of carbonyl (C=O) groups is 3. The van der Waals surface area contributed by atoms with E-state index in [0.29, 0.717) is 17.4 Å². The summed E-state index contributed by atoms with van der Waals surface area (Å²) in [6.45, 7) is 0.229. The molecular weight excluding hydrogens is 366 g/mol. The van der Waals surface area contributed by atoms with Crippen molar-refractivity contribution in [2.75, 3.05) is 5.32 Å². The first kappa shape index (κ1) is 17.9. The van der Waals surface area contributed by atoms with Crippen molar-refractivity contribution >= 4 is 23.5 Å². The Morgan fingerprint density at radius 1 is 0.966 bits per heavy atom. The fourth-order valence-electron chi connectivity index (χ4n) is 4.39. The molecule has 2 aromatic carbocycles. The minimum absolute atomic E-state index is 0.0709. The van der Waals surface area contributed by atoms with Crippen LogP contribution in [0.2, 0.25) is 0 Å². The largest absolute Gasteiger partial charge is 0.325 e. The average molecular weight is 389 g/mol. The molecule has 3 fully saturated rings. The fourth-order valence-corrected chi connectivity index (χ4v) is 4.39. The zero-order valence-electron chi connectivity index (χ0n) is 16.1. The van der Waals surface area contributed by atoms with Crippen molar-refractivity contribution in [1.82, 2.24) is 10.2 Å². The maximum atomic E-state index is 13.2. The van der Waals surface area contributed by atoms with Gasteiger partial charge in [0.25, 0.3) is 11.8 Å². The number of nitrogens with zero attached hydrogens (tertiary/aromatic N) is 1. The number of nitrogens with one attached hydrogen (secondary N) is 2. The Balaban J connectivity index is 1.28.